The largest absolute Gasteiger partial charge is 0.374 e. The number of thiophene rings is 1. The van der Waals surface area contributed by atoms with Gasteiger partial charge in [0.1, 0.15) is 9.22 Å². The van der Waals surface area contributed by atoms with Gasteiger partial charge in [0.25, 0.3) is 10.0 Å². The molecule has 7 rings (SSSR count). The molecule has 41 heavy (non-hydrogen) atoms. The zero-order valence-electron chi connectivity index (χ0n) is 23.2. The van der Waals surface area contributed by atoms with Crippen molar-refractivity contribution in [3.8, 4) is 0 Å². The smallest absolute Gasteiger partial charge is 0.273 e. The lowest BCUT2D eigenvalue weighted by Crippen LogP contribution is -2.43. The monoisotopic (exact) mass is 611 g/mol. The van der Waals surface area contributed by atoms with Crippen molar-refractivity contribution in [2.75, 3.05) is 42.3 Å². The fourth-order valence-electron chi connectivity index (χ4n) is 6.48. The Bertz CT molecular complexity index is 1500. The molecule has 1 saturated carbocycles. The maximum absolute atomic E-state index is 13.7. The number of benzene rings is 1. The van der Waals surface area contributed by atoms with Crippen molar-refractivity contribution in [1.29, 1.82) is 0 Å². The van der Waals surface area contributed by atoms with Gasteiger partial charge in [0.15, 0.2) is 0 Å². The molecule has 2 atom stereocenters. The summed E-state index contributed by atoms with van der Waals surface area (Å²) < 4.78 is 29.4. The Morgan fingerprint density at radius 1 is 1.07 bits per heavy atom. The SMILES string of the molecule is O=C(C1CCCN(Cc2cnc(C3Cc4cccc(N(CC5CC5)S(=O)(=O)c5cccs5)c4N3)s2)C1)N1CCCC1. The number of piperidine rings is 1. The number of anilines is 2. The maximum Gasteiger partial charge on any atom is 0.273 e. The number of carbonyl (C=O) groups excluding carboxylic acids is 1. The molecule has 2 unspecified atom stereocenters. The van der Waals surface area contributed by atoms with E-state index in [1.165, 1.54) is 16.2 Å². The number of amides is 1. The summed E-state index contributed by atoms with van der Waals surface area (Å²) in [5.74, 6) is 0.875. The topological polar surface area (TPSA) is 85.9 Å². The van der Waals surface area contributed by atoms with E-state index in [0.717, 1.165) is 99.6 Å². The highest BCUT2D eigenvalue weighted by atomic mass is 32.2. The Morgan fingerprint density at radius 3 is 2.71 bits per heavy atom. The van der Waals surface area contributed by atoms with Crippen LogP contribution in [0.2, 0.25) is 0 Å². The average Bonchev–Trinajstić information content (AvgIpc) is 3.52. The van der Waals surface area contributed by atoms with Crippen LogP contribution in [0.5, 0.6) is 0 Å². The van der Waals surface area contributed by atoms with Crippen LogP contribution in [0.4, 0.5) is 11.4 Å². The Kier molecular flexibility index (Phi) is 7.55. The van der Waals surface area contributed by atoms with Gasteiger partial charge in [-0.1, -0.05) is 18.2 Å². The van der Waals surface area contributed by atoms with E-state index in [4.69, 9.17) is 4.98 Å². The number of sulfonamides is 1. The van der Waals surface area contributed by atoms with Crippen LogP contribution in [-0.4, -0.2) is 61.8 Å². The van der Waals surface area contributed by atoms with E-state index < -0.39 is 10.0 Å². The summed E-state index contributed by atoms with van der Waals surface area (Å²) in [5, 5.41) is 6.51. The first-order chi connectivity index (χ1) is 20.0. The number of hydrogen-bond donors (Lipinski definition) is 1. The number of thiazole rings is 1. The zero-order chi connectivity index (χ0) is 28.0. The van der Waals surface area contributed by atoms with Gasteiger partial charge in [0, 0.05) is 50.2 Å². The first-order valence-electron chi connectivity index (χ1n) is 14.9. The van der Waals surface area contributed by atoms with Gasteiger partial charge in [0.2, 0.25) is 5.91 Å². The van der Waals surface area contributed by atoms with Gasteiger partial charge < -0.3 is 10.2 Å². The highest BCUT2D eigenvalue weighted by Crippen LogP contribution is 2.44. The normalized spacial score (nSPS) is 23.0. The summed E-state index contributed by atoms with van der Waals surface area (Å²) in [7, 11) is -3.63. The molecule has 1 amide bonds. The molecule has 218 valence electrons. The van der Waals surface area contributed by atoms with Crippen LogP contribution in [0.1, 0.15) is 60.0 Å². The van der Waals surface area contributed by atoms with Crippen molar-refractivity contribution in [3.05, 3.63) is 57.4 Å². The van der Waals surface area contributed by atoms with E-state index >= 15 is 0 Å². The Balaban J connectivity index is 1.05. The summed E-state index contributed by atoms with van der Waals surface area (Å²) in [5.41, 5.74) is 2.78. The first kappa shape index (κ1) is 27.4. The summed E-state index contributed by atoms with van der Waals surface area (Å²) in [6.45, 7) is 5.02. The van der Waals surface area contributed by atoms with Gasteiger partial charge in [-0.15, -0.1) is 22.7 Å². The molecule has 0 bridgehead atoms. The molecular formula is C30H37N5O3S3. The summed E-state index contributed by atoms with van der Waals surface area (Å²) >= 11 is 3.00. The summed E-state index contributed by atoms with van der Waals surface area (Å²) in [6.07, 6.45) is 9.24. The molecule has 3 aromatic rings. The highest BCUT2D eigenvalue weighted by molar-refractivity contribution is 7.94. The average molecular weight is 612 g/mol. The van der Waals surface area contributed by atoms with Crippen molar-refractivity contribution in [1.82, 2.24) is 14.8 Å². The molecule has 3 fully saturated rings. The van der Waals surface area contributed by atoms with Crippen LogP contribution in [0, 0.1) is 11.8 Å². The molecule has 0 spiro atoms. The van der Waals surface area contributed by atoms with E-state index in [9.17, 15) is 13.2 Å². The zero-order valence-corrected chi connectivity index (χ0v) is 25.7. The van der Waals surface area contributed by atoms with E-state index in [-0.39, 0.29) is 12.0 Å². The maximum atomic E-state index is 13.7. The predicted molar refractivity (Wildman–Crippen MR) is 164 cm³/mol. The quantitative estimate of drug-likeness (QED) is 0.351. The second kappa shape index (κ2) is 11.3. The summed E-state index contributed by atoms with van der Waals surface area (Å²) in [6, 6.07) is 9.52. The Labute approximate surface area is 250 Å². The third-order valence-electron chi connectivity index (χ3n) is 8.82. The van der Waals surface area contributed by atoms with E-state index in [2.05, 4.69) is 21.2 Å². The molecule has 0 radical (unpaired) electrons. The number of aromatic nitrogens is 1. The second-order valence-electron chi connectivity index (χ2n) is 11.9. The van der Waals surface area contributed by atoms with Crippen LogP contribution in [0.3, 0.4) is 0 Å². The standard InChI is InChI=1S/C30H37N5O3S3/c36-30(34-13-1-2-14-34)23-7-4-12-33(19-23)20-24-17-31-29(40-24)25-16-22-6-3-8-26(28(22)32-25)35(18-21-10-11-21)41(37,38)27-9-5-15-39-27/h3,5-6,8-9,15,17,21,23,25,32H,1-2,4,7,10-14,16,18-20H2. The molecule has 1 aromatic carbocycles. The number of nitrogens with zero attached hydrogens (tertiary/aromatic N) is 4. The second-order valence-corrected chi connectivity index (χ2v) is 16.1. The van der Waals surface area contributed by atoms with Gasteiger partial charge >= 0.3 is 0 Å². The van der Waals surface area contributed by atoms with Crippen LogP contribution < -0.4 is 9.62 Å². The number of hydrogen-bond acceptors (Lipinski definition) is 8. The molecule has 1 N–H and O–H groups in total. The van der Waals surface area contributed by atoms with Gasteiger partial charge in [-0.05, 0) is 74.1 Å². The number of nitrogens with one attached hydrogen (secondary N) is 1. The summed E-state index contributed by atoms with van der Waals surface area (Å²) in [4.78, 5) is 23.5. The molecule has 5 heterocycles. The lowest BCUT2D eigenvalue weighted by atomic mass is 9.96. The highest BCUT2D eigenvalue weighted by Gasteiger charge is 2.37. The van der Waals surface area contributed by atoms with E-state index in [0.29, 0.717) is 22.6 Å². The fraction of sp³-hybridized carbons (Fsp3) is 0.533. The minimum absolute atomic E-state index is 0.0166. The van der Waals surface area contributed by atoms with Crippen LogP contribution >= 0.6 is 22.7 Å². The number of likely N-dealkylation sites (tertiary alicyclic amines) is 2. The molecule has 8 nitrogen and oxygen atoms in total. The van der Waals surface area contributed by atoms with E-state index in [1.54, 1.807) is 27.8 Å². The van der Waals surface area contributed by atoms with Crippen molar-refractivity contribution < 1.29 is 13.2 Å². The van der Waals surface area contributed by atoms with Crippen LogP contribution in [0.25, 0.3) is 0 Å². The van der Waals surface area contributed by atoms with Gasteiger partial charge in [0.05, 0.1) is 23.3 Å². The van der Waals surface area contributed by atoms with Gasteiger partial charge in [-0.25, -0.2) is 13.4 Å². The van der Waals surface area contributed by atoms with Crippen LogP contribution in [0.15, 0.2) is 46.1 Å². The number of para-hydroxylation sites is 1. The molecule has 11 heteroatoms. The van der Waals surface area contributed by atoms with Gasteiger partial charge in [-0.3, -0.25) is 14.0 Å². The predicted octanol–water partition coefficient (Wildman–Crippen LogP) is 5.35. The van der Waals surface area contributed by atoms with Crippen molar-refractivity contribution in [2.24, 2.45) is 11.8 Å². The Hall–Kier alpha value is -2.47. The number of fused-ring (bicyclic) bond motifs is 1. The Morgan fingerprint density at radius 2 is 1.93 bits per heavy atom. The van der Waals surface area contributed by atoms with Crippen LogP contribution in [-0.2, 0) is 27.8 Å². The van der Waals surface area contributed by atoms with Crippen molar-refractivity contribution in [2.45, 2.75) is 61.7 Å². The number of carbonyl (C=O) groups is 1. The molecule has 2 saturated heterocycles. The third-order valence-corrected chi connectivity index (χ3v) is 13.1. The van der Waals surface area contributed by atoms with Crippen molar-refractivity contribution in [3.63, 3.8) is 0 Å². The third kappa shape index (κ3) is 5.66. The van der Waals surface area contributed by atoms with Crippen molar-refractivity contribution >= 4 is 50.0 Å². The van der Waals surface area contributed by atoms with E-state index in [1.807, 2.05) is 23.7 Å². The molecule has 3 aliphatic heterocycles. The lowest BCUT2D eigenvalue weighted by Gasteiger charge is -2.33. The molecular weight excluding hydrogens is 575 g/mol. The first-order valence-corrected chi connectivity index (χ1v) is 18.0. The molecule has 4 aliphatic rings. The molecule has 2 aromatic heterocycles. The van der Waals surface area contributed by atoms with Gasteiger partial charge in [-0.2, -0.15) is 0 Å². The minimum atomic E-state index is -3.63. The lowest BCUT2D eigenvalue weighted by molar-refractivity contribution is -0.136. The minimum Gasteiger partial charge on any atom is -0.374 e. The number of rotatable bonds is 9. The fourth-order valence-corrected chi connectivity index (χ4v) is 10.1. The molecule has 1 aliphatic carbocycles.